The Balaban J connectivity index is 1.72. The molecule has 15 heteroatoms. The Kier molecular flexibility index (Phi) is 25.7. The molecule has 0 radical (unpaired) electrons. The molecule has 0 spiro atoms. The summed E-state index contributed by atoms with van der Waals surface area (Å²) in [5.41, 5.74) is 1.91. The van der Waals surface area contributed by atoms with Gasteiger partial charge in [-0.3, -0.25) is 14.4 Å². The lowest BCUT2D eigenvalue weighted by atomic mass is 9.78. The number of amides is 1. The quantitative estimate of drug-likeness (QED) is 0.0474. The van der Waals surface area contributed by atoms with Gasteiger partial charge in [-0.2, -0.15) is 0 Å². The number of hydrogen-bond acceptors (Lipinski definition) is 14. The van der Waals surface area contributed by atoms with Crippen LogP contribution in [0.3, 0.4) is 0 Å². The number of cyclic esters (lactones) is 1. The monoisotopic (exact) mass is 1020 g/mol. The van der Waals surface area contributed by atoms with Crippen molar-refractivity contribution in [2.75, 3.05) is 41.6 Å². The number of terminal acetylenes is 1. The first-order valence-electron chi connectivity index (χ1n) is 26.9. The number of carbonyl (C=O) groups is 4. The number of methoxy groups -OCH3 is 3. The molecular formula is C58H90N2O13. The van der Waals surface area contributed by atoms with E-state index in [1.165, 1.54) is 19.1 Å². The standard InChI is InChI=1S/C58H90N2O13/c1-13-14-15-21-30-71-48-28-26-44(34-51(48)68-10)33-40(5)50-36-46(59-70-12)39(4)32-42(7)53(62)54(69-11)52(61)41(6)31-37(2)22-17-16-18-23-38(3)49(67-9)35-45-27-25-43(8)58(66,73-45)55(63)56(64)60-29-20-19-24-47(60)57(65)72-50/h1,16-18,22-23,32,37,39-41,43-45,47-51,53-54,62,66H,14-15,19-21,24-31,33-36H2,2-12H3/b18-16+,22-17+,38-23+,42-32+,59-46-/t37-,39-,40-,41-,43-,44+,45+,47+,48-,49+,50+,51-,53-,54+,58-/m1/s1. The molecule has 4 rings (SSSR count). The fraction of sp³-hybridized carbons (Fsp3) is 0.741. The SMILES string of the molecule is C#CCCCCO[C@@H]1CC[C@@H](C[C@@H](C)[C@@H]2C/C(=N/OC)[C@H](C)/C=C(\C)[C@@H](O)[C@@H](OC)C(=O)[C@H](C)C[C@H](C)/C=C/C=C/C=C(\C)[C@@H](OC)C[C@@H]3CC[C@@H](C)[C@@](O)(O3)C(=O)C(=O)N3CCCC[C@H]3C(=O)O2)C[C@H]1OC. The Hall–Kier alpha value is -4.01. The van der Waals surface area contributed by atoms with E-state index < -0.39 is 77.8 Å². The topological polar surface area (TPSA) is 189 Å². The molecule has 15 nitrogen and oxygen atoms in total. The summed E-state index contributed by atoms with van der Waals surface area (Å²) >= 11 is 0. The minimum absolute atomic E-state index is 0.0326. The van der Waals surface area contributed by atoms with Crippen molar-refractivity contribution in [1.29, 1.82) is 0 Å². The van der Waals surface area contributed by atoms with Gasteiger partial charge in [0.2, 0.25) is 5.79 Å². The predicted molar refractivity (Wildman–Crippen MR) is 281 cm³/mol. The van der Waals surface area contributed by atoms with E-state index in [-0.39, 0.29) is 55.1 Å². The van der Waals surface area contributed by atoms with Crippen LogP contribution in [-0.2, 0) is 52.4 Å². The van der Waals surface area contributed by atoms with Crippen molar-refractivity contribution in [3.8, 4) is 12.3 Å². The first-order chi connectivity index (χ1) is 34.8. The third-order valence-corrected chi connectivity index (χ3v) is 15.7. The predicted octanol–water partition coefficient (Wildman–Crippen LogP) is 8.44. The van der Waals surface area contributed by atoms with Gasteiger partial charge in [0.25, 0.3) is 11.7 Å². The maximum Gasteiger partial charge on any atom is 0.329 e. The number of fused-ring (bicyclic) bond motifs is 3. The Morgan fingerprint density at radius 2 is 1.64 bits per heavy atom. The van der Waals surface area contributed by atoms with Crippen molar-refractivity contribution < 1.29 is 62.6 Å². The Morgan fingerprint density at radius 3 is 2.33 bits per heavy atom. The van der Waals surface area contributed by atoms with E-state index >= 15 is 0 Å². The van der Waals surface area contributed by atoms with Crippen LogP contribution in [0.15, 0.2) is 52.8 Å². The highest BCUT2D eigenvalue weighted by atomic mass is 16.6. The number of aliphatic hydroxyl groups excluding tert-OH is 1. The average molecular weight is 1020 g/mol. The molecule has 3 fully saturated rings. The number of piperidine rings is 1. The summed E-state index contributed by atoms with van der Waals surface area (Å²) in [7, 11) is 6.16. The number of ketones is 2. The molecular weight excluding hydrogens is 933 g/mol. The number of allylic oxidation sites excluding steroid dienone is 6. The number of rotatable bonds is 12. The zero-order valence-corrected chi connectivity index (χ0v) is 45.9. The molecule has 73 heavy (non-hydrogen) atoms. The van der Waals surface area contributed by atoms with Gasteiger partial charge in [0.15, 0.2) is 5.78 Å². The summed E-state index contributed by atoms with van der Waals surface area (Å²) in [6.45, 7) is 13.9. The Morgan fingerprint density at radius 1 is 0.890 bits per heavy atom. The summed E-state index contributed by atoms with van der Waals surface area (Å²) in [6.07, 6.45) is 21.6. The molecule has 2 saturated heterocycles. The fourth-order valence-corrected chi connectivity index (χ4v) is 11.1. The summed E-state index contributed by atoms with van der Waals surface area (Å²) in [6, 6.07) is -1.10. The molecule has 1 aliphatic carbocycles. The molecule has 4 aliphatic rings. The molecule has 1 saturated carbocycles. The number of hydrogen-bond donors (Lipinski definition) is 2. The van der Waals surface area contributed by atoms with Gasteiger partial charge < -0.3 is 48.4 Å². The van der Waals surface area contributed by atoms with E-state index in [0.717, 1.165) is 37.7 Å². The number of ether oxygens (including phenoxy) is 6. The van der Waals surface area contributed by atoms with Crippen LogP contribution < -0.4 is 0 Å². The summed E-state index contributed by atoms with van der Waals surface area (Å²) in [5, 5.41) is 28.2. The maximum absolute atomic E-state index is 14.7. The second-order valence-corrected chi connectivity index (χ2v) is 21.4. The van der Waals surface area contributed by atoms with E-state index in [1.807, 2.05) is 71.1 Å². The molecule has 15 atom stereocenters. The smallest absolute Gasteiger partial charge is 0.329 e. The second-order valence-electron chi connectivity index (χ2n) is 21.4. The lowest BCUT2D eigenvalue weighted by molar-refractivity contribution is -0.265. The van der Waals surface area contributed by atoms with Crippen molar-refractivity contribution in [2.24, 2.45) is 40.7 Å². The van der Waals surface area contributed by atoms with Crippen LogP contribution in [0, 0.1) is 47.9 Å². The van der Waals surface area contributed by atoms with E-state index in [0.29, 0.717) is 69.3 Å². The Labute approximate surface area is 436 Å². The number of aliphatic hydroxyl groups is 2. The molecule has 0 unspecified atom stereocenters. The average Bonchev–Trinajstić information content (AvgIpc) is 3.37. The minimum Gasteiger partial charge on any atom is -0.460 e. The van der Waals surface area contributed by atoms with Crippen molar-refractivity contribution >= 4 is 29.2 Å². The van der Waals surface area contributed by atoms with Gasteiger partial charge in [0.05, 0.1) is 30.1 Å². The molecule has 0 aromatic carbocycles. The summed E-state index contributed by atoms with van der Waals surface area (Å²) in [5.74, 6) is -4.28. The van der Waals surface area contributed by atoms with Gasteiger partial charge >= 0.3 is 5.97 Å². The van der Waals surface area contributed by atoms with Crippen LogP contribution in [-0.4, -0.2) is 140 Å². The molecule has 1 amide bonds. The maximum atomic E-state index is 14.7. The van der Waals surface area contributed by atoms with Crippen LogP contribution in [0.4, 0.5) is 0 Å². The van der Waals surface area contributed by atoms with Gasteiger partial charge in [0.1, 0.15) is 31.5 Å². The first kappa shape index (κ1) is 61.5. The minimum atomic E-state index is -2.42. The van der Waals surface area contributed by atoms with E-state index in [4.69, 9.17) is 39.7 Å². The number of nitrogens with zero attached hydrogens (tertiary/aromatic N) is 2. The molecule has 2 bridgehead atoms. The second kappa shape index (κ2) is 30.5. The molecule has 3 aliphatic heterocycles. The Bertz CT molecular complexity index is 1990. The molecule has 2 N–H and O–H groups in total. The van der Waals surface area contributed by atoms with Crippen LogP contribution in [0.25, 0.3) is 0 Å². The van der Waals surface area contributed by atoms with Gasteiger partial charge in [0, 0.05) is 71.5 Å². The number of oxime groups is 1. The molecule has 0 aromatic heterocycles. The number of Topliss-reactive ketones (excluding diaryl/α,β-unsaturated/α-hetero) is 2. The number of carbonyl (C=O) groups excluding carboxylic acids is 4. The highest BCUT2D eigenvalue weighted by Crippen LogP contribution is 2.38. The van der Waals surface area contributed by atoms with Gasteiger partial charge in [-0.15, -0.1) is 12.3 Å². The molecule has 0 aromatic rings. The van der Waals surface area contributed by atoms with Gasteiger partial charge in [-0.05, 0) is 120 Å². The normalized spacial score (nSPS) is 37.7. The lowest BCUT2D eigenvalue weighted by Gasteiger charge is -2.42. The zero-order chi connectivity index (χ0) is 53.8. The lowest BCUT2D eigenvalue weighted by Crippen LogP contribution is -2.61. The van der Waals surface area contributed by atoms with Crippen molar-refractivity contribution in [2.45, 2.75) is 199 Å². The third kappa shape index (κ3) is 17.5. The van der Waals surface area contributed by atoms with Crippen LogP contribution in [0.1, 0.15) is 145 Å². The third-order valence-electron chi connectivity index (χ3n) is 15.7. The molecule has 3 heterocycles. The van der Waals surface area contributed by atoms with Crippen molar-refractivity contribution in [1.82, 2.24) is 4.90 Å². The first-order valence-corrected chi connectivity index (χ1v) is 26.9. The highest BCUT2D eigenvalue weighted by Gasteiger charge is 2.53. The van der Waals surface area contributed by atoms with E-state index in [2.05, 4.69) is 11.1 Å². The van der Waals surface area contributed by atoms with E-state index in [1.54, 1.807) is 28.1 Å². The number of esters is 1. The number of unbranched alkanes of at least 4 members (excludes halogenated alkanes) is 2. The highest BCUT2D eigenvalue weighted by molar-refractivity contribution is 6.39. The summed E-state index contributed by atoms with van der Waals surface area (Å²) < 4.78 is 36.6. The fourth-order valence-electron chi connectivity index (χ4n) is 11.1. The van der Waals surface area contributed by atoms with Crippen LogP contribution >= 0.6 is 0 Å². The summed E-state index contributed by atoms with van der Waals surface area (Å²) in [4.78, 5) is 64.1. The van der Waals surface area contributed by atoms with Crippen LogP contribution in [0.5, 0.6) is 0 Å². The van der Waals surface area contributed by atoms with Crippen LogP contribution in [0.2, 0.25) is 0 Å². The molecule has 410 valence electrons. The zero-order valence-electron chi connectivity index (χ0n) is 45.9. The van der Waals surface area contributed by atoms with E-state index in [9.17, 15) is 29.4 Å². The van der Waals surface area contributed by atoms with Crippen molar-refractivity contribution in [3.05, 3.63) is 47.6 Å². The largest absolute Gasteiger partial charge is 0.460 e. The van der Waals surface area contributed by atoms with Crippen molar-refractivity contribution in [3.63, 3.8) is 0 Å². The van der Waals surface area contributed by atoms with Gasteiger partial charge in [-0.1, -0.05) is 76.2 Å². The van der Waals surface area contributed by atoms with Gasteiger partial charge in [-0.25, -0.2) is 4.79 Å².